The highest BCUT2D eigenvalue weighted by atomic mass is 32.2. The molecule has 0 spiro atoms. The largest absolute Gasteiger partial charge is 0.325 e. The number of anilines is 2. The second-order valence-corrected chi connectivity index (χ2v) is 10.7. The molecule has 0 aliphatic rings. The van der Waals surface area contributed by atoms with Gasteiger partial charge in [-0.05, 0) is 78.4 Å². The Labute approximate surface area is 212 Å². The molecule has 0 radical (unpaired) electrons. The van der Waals surface area contributed by atoms with Crippen LogP contribution >= 0.6 is 11.8 Å². The number of thioether (sulfide) groups is 1. The molecule has 0 fully saturated rings. The minimum Gasteiger partial charge on any atom is -0.325 e. The average Bonchev–Trinajstić information content (AvgIpc) is 2.88. The van der Waals surface area contributed by atoms with Crippen molar-refractivity contribution in [2.75, 3.05) is 16.2 Å². The van der Waals surface area contributed by atoms with Crippen molar-refractivity contribution < 1.29 is 22.0 Å². The smallest absolute Gasteiger partial charge is 0.264 e. The van der Waals surface area contributed by atoms with Gasteiger partial charge < -0.3 is 5.32 Å². The van der Waals surface area contributed by atoms with Gasteiger partial charge >= 0.3 is 0 Å². The molecule has 4 aromatic rings. The van der Waals surface area contributed by atoms with Crippen molar-refractivity contribution in [1.82, 2.24) is 0 Å². The van der Waals surface area contributed by atoms with Gasteiger partial charge in [0.1, 0.15) is 18.2 Å². The van der Waals surface area contributed by atoms with Crippen LogP contribution in [0, 0.1) is 11.6 Å². The Kier molecular flexibility index (Phi) is 8.02. The number of halogens is 2. The maximum atomic E-state index is 13.5. The number of rotatable bonds is 9. The third-order valence-corrected chi connectivity index (χ3v) is 8.06. The molecular weight excluding hydrogens is 502 g/mol. The summed E-state index contributed by atoms with van der Waals surface area (Å²) in [5, 5.41) is 2.70. The van der Waals surface area contributed by atoms with Crippen molar-refractivity contribution in [3.8, 4) is 0 Å². The molecule has 9 heteroatoms. The first-order chi connectivity index (χ1) is 17.3. The lowest BCUT2D eigenvalue weighted by Crippen LogP contribution is -2.38. The van der Waals surface area contributed by atoms with E-state index in [0.29, 0.717) is 5.69 Å². The SMILES string of the molecule is O=C(CN(c1ccc(F)cc1)S(=O)(=O)c1ccc(F)cc1)Nc1ccc(CSc2ccccc2)cc1. The van der Waals surface area contributed by atoms with Crippen LogP contribution in [-0.4, -0.2) is 20.9 Å². The van der Waals surface area contributed by atoms with Crippen molar-refractivity contribution in [2.24, 2.45) is 0 Å². The standard InChI is InChI=1S/C27H22F2N2O3S2/c28-21-8-14-24(15-9-21)31(36(33,34)26-16-10-22(29)11-17-26)18-27(32)30-23-12-6-20(7-13-23)19-35-25-4-2-1-3-5-25/h1-17H,18-19H2,(H,30,32). The van der Waals surface area contributed by atoms with Gasteiger partial charge in [-0.2, -0.15) is 0 Å². The van der Waals surface area contributed by atoms with Crippen LogP contribution in [0.1, 0.15) is 5.56 Å². The van der Waals surface area contributed by atoms with E-state index in [-0.39, 0.29) is 10.6 Å². The molecule has 184 valence electrons. The van der Waals surface area contributed by atoms with Crippen molar-refractivity contribution in [2.45, 2.75) is 15.5 Å². The molecule has 4 rings (SSSR count). The Morgan fingerprint density at radius 3 is 1.97 bits per heavy atom. The number of amides is 1. The van der Waals surface area contributed by atoms with E-state index in [9.17, 15) is 22.0 Å². The van der Waals surface area contributed by atoms with Crippen LogP contribution in [0.2, 0.25) is 0 Å². The van der Waals surface area contributed by atoms with Gasteiger partial charge in [-0.25, -0.2) is 17.2 Å². The summed E-state index contributed by atoms with van der Waals surface area (Å²) in [6.07, 6.45) is 0. The minimum absolute atomic E-state index is 0.101. The van der Waals surface area contributed by atoms with E-state index in [4.69, 9.17) is 0 Å². The number of nitrogens with zero attached hydrogens (tertiary/aromatic N) is 1. The van der Waals surface area contributed by atoms with Crippen molar-refractivity contribution in [1.29, 1.82) is 0 Å². The molecule has 36 heavy (non-hydrogen) atoms. The molecular formula is C27H22F2N2O3S2. The summed E-state index contributed by atoms with van der Waals surface area (Å²) in [5.41, 5.74) is 1.67. The number of benzene rings is 4. The fraction of sp³-hybridized carbons (Fsp3) is 0.0741. The molecule has 0 unspecified atom stereocenters. The Balaban J connectivity index is 1.48. The molecule has 0 saturated carbocycles. The topological polar surface area (TPSA) is 66.5 Å². The zero-order valence-corrected chi connectivity index (χ0v) is 20.6. The molecule has 0 saturated heterocycles. The maximum Gasteiger partial charge on any atom is 0.264 e. The van der Waals surface area contributed by atoms with Gasteiger partial charge in [0.2, 0.25) is 5.91 Å². The summed E-state index contributed by atoms with van der Waals surface area (Å²) in [4.78, 5) is 13.8. The first kappa shape index (κ1) is 25.4. The van der Waals surface area contributed by atoms with Crippen LogP contribution in [-0.2, 0) is 20.6 Å². The van der Waals surface area contributed by atoms with Gasteiger partial charge in [0.15, 0.2) is 0 Å². The van der Waals surface area contributed by atoms with Gasteiger partial charge in [0.05, 0.1) is 10.6 Å². The molecule has 0 aliphatic heterocycles. The Hall–Kier alpha value is -3.69. The summed E-state index contributed by atoms with van der Waals surface area (Å²) in [6.45, 7) is -0.559. The Bertz CT molecular complexity index is 1410. The molecule has 5 nitrogen and oxygen atoms in total. The summed E-state index contributed by atoms with van der Waals surface area (Å²) >= 11 is 1.69. The zero-order chi connectivity index (χ0) is 25.5. The summed E-state index contributed by atoms with van der Waals surface area (Å²) in [7, 11) is -4.23. The number of hydrogen-bond acceptors (Lipinski definition) is 4. The zero-order valence-electron chi connectivity index (χ0n) is 19.0. The molecule has 1 amide bonds. The lowest BCUT2D eigenvalue weighted by atomic mass is 10.2. The van der Waals surface area contributed by atoms with Crippen molar-refractivity contribution >= 4 is 39.1 Å². The van der Waals surface area contributed by atoms with Crippen LogP contribution < -0.4 is 9.62 Å². The summed E-state index contributed by atoms with van der Waals surface area (Å²) in [5.74, 6) is -0.970. The fourth-order valence-electron chi connectivity index (χ4n) is 3.35. The Morgan fingerprint density at radius 2 is 1.36 bits per heavy atom. The molecule has 0 atom stereocenters. The minimum atomic E-state index is -4.23. The van der Waals surface area contributed by atoms with E-state index in [0.717, 1.165) is 56.9 Å². The summed E-state index contributed by atoms with van der Waals surface area (Å²) < 4.78 is 54.2. The van der Waals surface area contributed by atoms with E-state index >= 15 is 0 Å². The number of sulfonamides is 1. The number of carbonyl (C=O) groups is 1. The molecule has 0 aliphatic carbocycles. The lowest BCUT2D eigenvalue weighted by Gasteiger charge is -2.24. The molecule has 0 heterocycles. The normalized spacial score (nSPS) is 11.2. The monoisotopic (exact) mass is 524 g/mol. The molecule has 0 aromatic heterocycles. The van der Waals surface area contributed by atoms with Crippen molar-refractivity contribution in [3.63, 3.8) is 0 Å². The number of nitrogens with one attached hydrogen (secondary N) is 1. The third kappa shape index (κ3) is 6.50. The first-order valence-corrected chi connectivity index (χ1v) is 13.3. The molecule has 4 aromatic carbocycles. The number of carbonyl (C=O) groups excluding carboxylic acids is 1. The molecule has 0 bridgehead atoms. The highest BCUT2D eigenvalue weighted by Crippen LogP contribution is 2.25. The van der Waals surface area contributed by atoms with Crippen LogP contribution in [0.15, 0.2) is 113 Å². The van der Waals surface area contributed by atoms with Crippen molar-refractivity contribution in [3.05, 3.63) is 120 Å². The number of hydrogen-bond donors (Lipinski definition) is 1. The van der Waals surface area contributed by atoms with Gasteiger partial charge in [-0.1, -0.05) is 30.3 Å². The van der Waals surface area contributed by atoms with Gasteiger partial charge in [-0.3, -0.25) is 9.10 Å². The second kappa shape index (κ2) is 11.4. The van der Waals surface area contributed by atoms with Crippen LogP contribution in [0.3, 0.4) is 0 Å². The predicted molar refractivity (Wildman–Crippen MR) is 138 cm³/mol. The quantitative estimate of drug-likeness (QED) is 0.269. The lowest BCUT2D eigenvalue weighted by molar-refractivity contribution is -0.114. The average molecular weight is 525 g/mol. The van der Waals surface area contributed by atoms with E-state index < -0.39 is 34.1 Å². The van der Waals surface area contributed by atoms with E-state index in [1.165, 1.54) is 12.1 Å². The summed E-state index contributed by atoms with van der Waals surface area (Å²) in [6, 6.07) is 26.3. The van der Waals surface area contributed by atoms with Crippen LogP contribution in [0.25, 0.3) is 0 Å². The van der Waals surface area contributed by atoms with Gasteiger partial charge in [0, 0.05) is 16.3 Å². The van der Waals surface area contributed by atoms with Gasteiger partial charge in [-0.15, -0.1) is 11.8 Å². The fourth-order valence-corrected chi connectivity index (χ4v) is 5.65. The highest BCUT2D eigenvalue weighted by Gasteiger charge is 2.27. The predicted octanol–water partition coefficient (Wildman–Crippen LogP) is 6.09. The maximum absolute atomic E-state index is 13.5. The van der Waals surface area contributed by atoms with E-state index in [1.807, 2.05) is 42.5 Å². The molecule has 1 N–H and O–H groups in total. The Morgan fingerprint density at radius 1 is 0.778 bits per heavy atom. The first-order valence-electron chi connectivity index (χ1n) is 10.9. The third-order valence-electron chi connectivity index (χ3n) is 5.19. The highest BCUT2D eigenvalue weighted by molar-refractivity contribution is 7.98. The van der Waals surface area contributed by atoms with E-state index in [1.54, 1.807) is 23.9 Å². The van der Waals surface area contributed by atoms with Crippen LogP contribution in [0.5, 0.6) is 0 Å². The van der Waals surface area contributed by atoms with E-state index in [2.05, 4.69) is 5.32 Å². The van der Waals surface area contributed by atoms with Gasteiger partial charge in [0.25, 0.3) is 10.0 Å². The van der Waals surface area contributed by atoms with Crippen LogP contribution in [0.4, 0.5) is 20.2 Å². The second-order valence-electron chi connectivity index (χ2n) is 7.79.